The standard InChI is InChI=1S/C22H45NO2/c1-4-5-6-7-8-9-10-11-12-13-14-15-16-17-18-19-22(2,3)20-21(24)25-23/h4-20,23H2,1-3H3. The van der Waals surface area contributed by atoms with Gasteiger partial charge in [0.25, 0.3) is 0 Å². The van der Waals surface area contributed by atoms with Crippen LogP contribution in [0, 0.1) is 5.41 Å². The Kier molecular flexibility index (Phi) is 16.5. The summed E-state index contributed by atoms with van der Waals surface area (Å²) in [6.45, 7) is 6.52. The van der Waals surface area contributed by atoms with E-state index in [0.29, 0.717) is 6.42 Å². The average molecular weight is 356 g/mol. The molecule has 0 atom stereocenters. The van der Waals surface area contributed by atoms with E-state index in [1.807, 2.05) is 0 Å². The molecule has 0 saturated carbocycles. The first kappa shape index (κ1) is 24.4. The van der Waals surface area contributed by atoms with E-state index in [-0.39, 0.29) is 11.4 Å². The fraction of sp³-hybridized carbons (Fsp3) is 0.955. The summed E-state index contributed by atoms with van der Waals surface area (Å²) in [6, 6.07) is 0. The maximum absolute atomic E-state index is 11.2. The Bertz CT molecular complexity index is 302. The van der Waals surface area contributed by atoms with E-state index in [1.165, 1.54) is 96.3 Å². The van der Waals surface area contributed by atoms with Crippen molar-refractivity contribution in [3.63, 3.8) is 0 Å². The number of unbranched alkanes of at least 4 members (excludes halogenated alkanes) is 14. The first-order valence-corrected chi connectivity index (χ1v) is 10.9. The number of hydrogen-bond acceptors (Lipinski definition) is 3. The summed E-state index contributed by atoms with van der Waals surface area (Å²) in [5, 5.41) is 0. The molecule has 2 N–H and O–H groups in total. The summed E-state index contributed by atoms with van der Waals surface area (Å²) in [6.07, 6.45) is 22.3. The zero-order chi connectivity index (χ0) is 18.8. The lowest BCUT2D eigenvalue weighted by Crippen LogP contribution is -2.20. The molecule has 0 aromatic rings. The van der Waals surface area contributed by atoms with Gasteiger partial charge in [-0.1, -0.05) is 117 Å². The molecule has 0 rings (SSSR count). The Balaban J connectivity index is 3.25. The summed E-state index contributed by atoms with van der Waals surface area (Å²) in [5.74, 6) is 4.62. The lowest BCUT2D eigenvalue weighted by Gasteiger charge is -2.22. The van der Waals surface area contributed by atoms with Gasteiger partial charge in [0.2, 0.25) is 0 Å². The Hall–Kier alpha value is -0.570. The average Bonchev–Trinajstić information content (AvgIpc) is 2.57. The fourth-order valence-electron chi connectivity index (χ4n) is 3.50. The van der Waals surface area contributed by atoms with Crippen LogP contribution in [-0.4, -0.2) is 5.97 Å². The smallest absolute Gasteiger partial charge is 0.324 e. The van der Waals surface area contributed by atoms with Gasteiger partial charge in [0.05, 0.1) is 6.42 Å². The van der Waals surface area contributed by atoms with Crippen molar-refractivity contribution in [2.24, 2.45) is 11.3 Å². The molecule has 0 aromatic heterocycles. The van der Waals surface area contributed by atoms with Gasteiger partial charge in [0, 0.05) is 0 Å². The molecule has 0 saturated heterocycles. The highest BCUT2D eigenvalue weighted by Gasteiger charge is 2.22. The lowest BCUT2D eigenvalue weighted by atomic mass is 9.83. The third kappa shape index (κ3) is 18.0. The van der Waals surface area contributed by atoms with Gasteiger partial charge in [0.1, 0.15) is 0 Å². The van der Waals surface area contributed by atoms with Gasteiger partial charge < -0.3 is 4.84 Å². The fourth-order valence-corrected chi connectivity index (χ4v) is 3.50. The lowest BCUT2D eigenvalue weighted by molar-refractivity contribution is -0.146. The molecule has 0 aliphatic rings. The van der Waals surface area contributed by atoms with E-state index in [1.54, 1.807) is 0 Å². The van der Waals surface area contributed by atoms with Crippen LogP contribution in [0.4, 0.5) is 0 Å². The Labute approximate surface area is 157 Å². The molecule has 3 heteroatoms. The number of carbonyl (C=O) groups excluding carboxylic acids is 1. The molecule has 0 spiro atoms. The minimum Gasteiger partial charge on any atom is -0.373 e. The molecule has 0 unspecified atom stereocenters. The highest BCUT2D eigenvalue weighted by Crippen LogP contribution is 2.28. The summed E-state index contributed by atoms with van der Waals surface area (Å²) >= 11 is 0. The molecule has 25 heavy (non-hydrogen) atoms. The van der Waals surface area contributed by atoms with Crippen molar-refractivity contribution in [1.82, 2.24) is 0 Å². The Morgan fingerprint density at radius 3 is 1.44 bits per heavy atom. The molecule has 150 valence electrons. The van der Waals surface area contributed by atoms with Gasteiger partial charge in [-0.2, -0.15) is 5.90 Å². The van der Waals surface area contributed by atoms with Crippen molar-refractivity contribution in [2.75, 3.05) is 0 Å². The largest absolute Gasteiger partial charge is 0.373 e. The van der Waals surface area contributed by atoms with E-state index in [0.717, 1.165) is 6.42 Å². The number of carbonyl (C=O) groups is 1. The van der Waals surface area contributed by atoms with Crippen LogP contribution in [-0.2, 0) is 9.63 Å². The molecular formula is C22H45NO2. The van der Waals surface area contributed by atoms with Crippen LogP contribution >= 0.6 is 0 Å². The van der Waals surface area contributed by atoms with Crippen LogP contribution in [0.5, 0.6) is 0 Å². The molecule has 0 radical (unpaired) electrons. The Morgan fingerprint density at radius 1 is 0.720 bits per heavy atom. The van der Waals surface area contributed by atoms with E-state index in [4.69, 9.17) is 5.90 Å². The zero-order valence-corrected chi connectivity index (χ0v) is 17.4. The van der Waals surface area contributed by atoms with Crippen LogP contribution in [0.1, 0.15) is 130 Å². The minimum atomic E-state index is -0.300. The predicted octanol–water partition coefficient (Wildman–Crippen LogP) is 7.08. The van der Waals surface area contributed by atoms with Gasteiger partial charge in [-0.05, 0) is 11.8 Å². The van der Waals surface area contributed by atoms with E-state index in [2.05, 4.69) is 25.6 Å². The highest BCUT2D eigenvalue weighted by molar-refractivity contribution is 5.69. The summed E-state index contributed by atoms with van der Waals surface area (Å²) in [4.78, 5) is 15.5. The highest BCUT2D eigenvalue weighted by atomic mass is 16.7. The van der Waals surface area contributed by atoms with Gasteiger partial charge in [-0.25, -0.2) is 0 Å². The quantitative estimate of drug-likeness (QED) is 0.211. The van der Waals surface area contributed by atoms with Crippen molar-refractivity contribution < 1.29 is 9.63 Å². The molecule has 0 amide bonds. The van der Waals surface area contributed by atoms with Crippen molar-refractivity contribution in [1.29, 1.82) is 0 Å². The van der Waals surface area contributed by atoms with Crippen LogP contribution in [0.3, 0.4) is 0 Å². The monoisotopic (exact) mass is 355 g/mol. The topological polar surface area (TPSA) is 52.3 Å². The predicted molar refractivity (Wildman–Crippen MR) is 108 cm³/mol. The first-order valence-electron chi connectivity index (χ1n) is 10.9. The number of rotatable bonds is 18. The minimum absolute atomic E-state index is 0.00694. The normalized spacial score (nSPS) is 11.7. The Morgan fingerprint density at radius 2 is 1.08 bits per heavy atom. The van der Waals surface area contributed by atoms with Gasteiger partial charge in [-0.15, -0.1) is 0 Å². The van der Waals surface area contributed by atoms with Crippen LogP contribution < -0.4 is 5.90 Å². The van der Waals surface area contributed by atoms with Crippen molar-refractivity contribution >= 4 is 5.97 Å². The second-order valence-corrected chi connectivity index (χ2v) is 8.53. The second kappa shape index (κ2) is 16.9. The molecule has 0 aliphatic carbocycles. The van der Waals surface area contributed by atoms with Gasteiger partial charge >= 0.3 is 5.97 Å². The molecule has 0 heterocycles. The molecule has 0 bridgehead atoms. The first-order chi connectivity index (χ1) is 12.0. The molecule has 3 nitrogen and oxygen atoms in total. The molecule has 0 aliphatic heterocycles. The molecule has 0 aromatic carbocycles. The van der Waals surface area contributed by atoms with Crippen molar-refractivity contribution in [3.05, 3.63) is 0 Å². The molecular weight excluding hydrogens is 310 g/mol. The van der Waals surface area contributed by atoms with E-state index >= 15 is 0 Å². The molecule has 0 fully saturated rings. The van der Waals surface area contributed by atoms with Crippen LogP contribution in [0.2, 0.25) is 0 Å². The third-order valence-corrected chi connectivity index (χ3v) is 5.21. The maximum Gasteiger partial charge on any atom is 0.324 e. The van der Waals surface area contributed by atoms with E-state index < -0.39 is 0 Å². The van der Waals surface area contributed by atoms with E-state index in [9.17, 15) is 4.79 Å². The van der Waals surface area contributed by atoms with Crippen LogP contribution in [0.25, 0.3) is 0 Å². The zero-order valence-electron chi connectivity index (χ0n) is 17.4. The second-order valence-electron chi connectivity index (χ2n) is 8.53. The van der Waals surface area contributed by atoms with Crippen molar-refractivity contribution in [2.45, 2.75) is 130 Å². The SMILES string of the molecule is CCCCCCCCCCCCCCCCCC(C)(C)CC(=O)ON. The van der Waals surface area contributed by atoms with Gasteiger partial charge in [-0.3, -0.25) is 4.79 Å². The van der Waals surface area contributed by atoms with Crippen LogP contribution in [0.15, 0.2) is 0 Å². The maximum atomic E-state index is 11.2. The summed E-state index contributed by atoms with van der Waals surface area (Å²) < 4.78 is 0. The summed E-state index contributed by atoms with van der Waals surface area (Å²) in [7, 11) is 0. The third-order valence-electron chi connectivity index (χ3n) is 5.21. The summed E-state index contributed by atoms with van der Waals surface area (Å²) in [5.41, 5.74) is 0.00694. The number of hydrogen-bond donors (Lipinski definition) is 1. The van der Waals surface area contributed by atoms with Crippen molar-refractivity contribution in [3.8, 4) is 0 Å². The number of nitrogens with two attached hydrogens (primary N) is 1. The van der Waals surface area contributed by atoms with Gasteiger partial charge in [0.15, 0.2) is 0 Å².